The maximum absolute atomic E-state index is 15.1. The molecule has 2 aromatic heterocycles. The number of fused-ring (bicyclic) bond motifs is 1. The highest BCUT2D eigenvalue weighted by atomic mass is 35.5. The van der Waals surface area contributed by atoms with Gasteiger partial charge in [-0.05, 0) is 63.9 Å². The number of rotatable bonds is 8. The molecule has 1 atom stereocenters. The van der Waals surface area contributed by atoms with Crippen LogP contribution < -0.4 is 10.1 Å². The van der Waals surface area contributed by atoms with Crippen molar-refractivity contribution in [3.05, 3.63) is 71.1 Å². The average molecular weight is 793 g/mol. The van der Waals surface area contributed by atoms with Crippen LogP contribution in [0.1, 0.15) is 44.0 Å². The smallest absolute Gasteiger partial charge is 0.411 e. The Balaban J connectivity index is 1.08. The van der Waals surface area contributed by atoms with Crippen molar-refractivity contribution in [1.82, 2.24) is 29.1 Å². The first-order chi connectivity index (χ1) is 26.7. The second kappa shape index (κ2) is 16.4. The lowest BCUT2D eigenvalue weighted by molar-refractivity contribution is -0.152. The Kier molecular flexibility index (Phi) is 11.6. The minimum atomic E-state index is -1.23. The summed E-state index contributed by atoms with van der Waals surface area (Å²) in [5.41, 5.74) is 0.431. The number of nitriles is 1. The van der Waals surface area contributed by atoms with E-state index in [0.29, 0.717) is 37.3 Å². The molecule has 4 heterocycles. The Hall–Kier alpha value is -6.02. The van der Waals surface area contributed by atoms with E-state index in [1.165, 1.54) is 47.1 Å². The number of likely N-dealkylation sites (tertiary alicyclic amines) is 1. The lowest BCUT2D eigenvalue weighted by Crippen LogP contribution is -2.61. The molecule has 1 N–H and O–H groups in total. The molecule has 0 spiro atoms. The van der Waals surface area contributed by atoms with Gasteiger partial charge in [0.25, 0.3) is 5.91 Å². The lowest BCUT2D eigenvalue weighted by atomic mass is 9.94. The van der Waals surface area contributed by atoms with Gasteiger partial charge in [0, 0.05) is 55.7 Å². The highest BCUT2D eigenvalue weighted by molar-refractivity contribution is 6.34. The molecule has 2 fully saturated rings. The van der Waals surface area contributed by atoms with Crippen molar-refractivity contribution in [2.45, 2.75) is 45.3 Å². The third-order valence-corrected chi connectivity index (χ3v) is 9.74. The van der Waals surface area contributed by atoms with Crippen molar-refractivity contribution >= 4 is 52.6 Å². The summed E-state index contributed by atoms with van der Waals surface area (Å²) in [6.45, 7) is 5.65. The fraction of sp³-hybridized carbons (Fsp3) is 0.395. The highest BCUT2D eigenvalue weighted by Crippen LogP contribution is 2.33. The van der Waals surface area contributed by atoms with Gasteiger partial charge >= 0.3 is 12.1 Å². The fourth-order valence-corrected chi connectivity index (χ4v) is 6.94. The summed E-state index contributed by atoms with van der Waals surface area (Å²) in [7, 11) is 1.22. The molecule has 2 aliphatic rings. The summed E-state index contributed by atoms with van der Waals surface area (Å²) < 4.78 is 46.6. The van der Waals surface area contributed by atoms with Crippen LogP contribution in [0.3, 0.4) is 0 Å². The van der Waals surface area contributed by atoms with E-state index >= 15 is 4.39 Å². The molecule has 294 valence electrons. The molecule has 0 unspecified atom stereocenters. The summed E-state index contributed by atoms with van der Waals surface area (Å²) in [5, 5.41) is 12.0. The predicted molar refractivity (Wildman–Crippen MR) is 198 cm³/mol. The standard InChI is InChI=1S/C38H39ClF2N8O7/c1-38(2,3)56-37(53)49-17-16-47(21-28(49)36(52)54-4)34(50)22-9-13-46(14-10-22)35(51)24-6-5-23(19-26(24)39)45-32-33-44-20-27(48(33)15-12-43-32)25-7-8-29(55-18-11-42)31(41)30(25)40/h5-8,12,15,19-20,22,28H,9-10,13-14,16-18,21H2,1-4H3,(H,43,45)/t28-/m0/s1. The number of ether oxygens (including phenoxy) is 3. The van der Waals surface area contributed by atoms with Crippen LogP contribution in [0.2, 0.25) is 5.02 Å². The maximum Gasteiger partial charge on any atom is 0.411 e. The van der Waals surface area contributed by atoms with Crippen molar-refractivity contribution in [1.29, 1.82) is 5.26 Å². The zero-order valence-corrected chi connectivity index (χ0v) is 31.8. The molecule has 3 amide bonds. The number of imidazole rings is 1. The van der Waals surface area contributed by atoms with E-state index in [2.05, 4.69) is 15.3 Å². The van der Waals surface area contributed by atoms with Gasteiger partial charge in [-0.3, -0.25) is 18.9 Å². The number of aromatic nitrogens is 3. The van der Waals surface area contributed by atoms with Crippen LogP contribution in [0, 0.1) is 28.9 Å². The first kappa shape index (κ1) is 39.7. The number of anilines is 2. The molecule has 6 rings (SSSR count). The minimum absolute atomic E-state index is 0.0290. The van der Waals surface area contributed by atoms with E-state index in [1.807, 2.05) is 0 Å². The maximum atomic E-state index is 15.1. The molecule has 4 aromatic rings. The summed E-state index contributed by atoms with van der Waals surface area (Å²) in [5.74, 6) is -4.00. The Morgan fingerprint density at radius 3 is 2.45 bits per heavy atom. The molecule has 18 heteroatoms. The normalized spacial score (nSPS) is 16.3. The molecular weight excluding hydrogens is 754 g/mol. The molecule has 0 aliphatic carbocycles. The number of amides is 3. The van der Waals surface area contributed by atoms with Gasteiger partial charge in [0.1, 0.15) is 11.7 Å². The van der Waals surface area contributed by atoms with Crippen LogP contribution >= 0.6 is 11.6 Å². The highest BCUT2D eigenvalue weighted by Gasteiger charge is 2.41. The number of hydrogen-bond acceptors (Lipinski definition) is 11. The Bertz CT molecular complexity index is 2210. The van der Waals surface area contributed by atoms with Gasteiger partial charge in [-0.2, -0.15) is 9.65 Å². The zero-order chi connectivity index (χ0) is 40.3. The third kappa shape index (κ3) is 8.30. The quantitative estimate of drug-likeness (QED) is 0.225. The SMILES string of the molecule is COC(=O)[C@@H]1CN(C(=O)C2CCN(C(=O)c3ccc(Nc4nccn5c(-c6ccc(OCC#N)c(F)c6F)cnc45)cc3Cl)CC2)CCN1C(=O)OC(C)(C)C. The molecule has 15 nitrogen and oxygen atoms in total. The average Bonchev–Trinajstić information content (AvgIpc) is 3.62. The topological polar surface area (TPSA) is 172 Å². The summed E-state index contributed by atoms with van der Waals surface area (Å²) in [6, 6.07) is 8.05. The van der Waals surface area contributed by atoms with E-state index in [0.717, 1.165) is 0 Å². The van der Waals surface area contributed by atoms with Crippen LogP contribution in [0.5, 0.6) is 5.75 Å². The fourth-order valence-electron chi connectivity index (χ4n) is 6.68. The second-order valence-electron chi connectivity index (χ2n) is 14.2. The number of carbonyl (C=O) groups excluding carboxylic acids is 4. The van der Waals surface area contributed by atoms with E-state index in [4.69, 9.17) is 31.1 Å². The lowest BCUT2D eigenvalue weighted by Gasteiger charge is -2.42. The molecule has 0 bridgehead atoms. The van der Waals surface area contributed by atoms with Crippen LogP contribution in [-0.4, -0.2) is 111 Å². The first-order valence-corrected chi connectivity index (χ1v) is 18.1. The Labute approximate surface area is 325 Å². The van der Waals surface area contributed by atoms with Gasteiger partial charge in [0.15, 0.2) is 35.7 Å². The molecule has 0 radical (unpaired) electrons. The number of nitrogens with zero attached hydrogens (tertiary/aromatic N) is 7. The largest absolute Gasteiger partial charge is 0.476 e. The number of hydrogen-bond donors (Lipinski definition) is 1. The van der Waals surface area contributed by atoms with Crippen molar-refractivity contribution < 1.29 is 42.2 Å². The number of carbonyl (C=O) groups is 4. The number of nitrogens with one attached hydrogen (secondary N) is 1. The van der Waals surface area contributed by atoms with Crippen LogP contribution in [0.15, 0.2) is 48.9 Å². The second-order valence-corrected chi connectivity index (χ2v) is 14.6. The molecule has 2 aliphatic heterocycles. The number of benzene rings is 2. The van der Waals surface area contributed by atoms with Crippen molar-refractivity contribution in [2.24, 2.45) is 5.92 Å². The van der Waals surface area contributed by atoms with E-state index in [9.17, 15) is 23.6 Å². The number of methoxy groups -OCH3 is 1. The third-order valence-electron chi connectivity index (χ3n) is 9.43. The van der Waals surface area contributed by atoms with Gasteiger partial charge < -0.3 is 29.3 Å². The van der Waals surface area contributed by atoms with Gasteiger partial charge in [0.05, 0.1) is 36.1 Å². The monoisotopic (exact) mass is 792 g/mol. The summed E-state index contributed by atoms with van der Waals surface area (Å²) in [4.78, 5) is 65.8. The zero-order valence-electron chi connectivity index (χ0n) is 31.1. The van der Waals surface area contributed by atoms with Gasteiger partial charge in [-0.25, -0.2) is 23.9 Å². The van der Waals surface area contributed by atoms with E-state index in [1.54, 1.807) is 54.8 Å². The number of piperidine rings is 1. The number of piperazine rings is 1. The minimum Gasteiger partial charge on any atom is -0.476 e. The molecule has 0 saturated carbocycles. The van der Waals surface area contributed by atoms with Crippen molar-refractivity contribution in [3.63, 3.8) is 0 Å². The van der Waals surface area contributed by atoms with E-state index in [-0.39, 0.29) is 70.8 Å². The number of esters is 1. The Morgan fingerprint density at radius 2 is 1.77 bits per heavy atom. The predicted octanol–water partition coefficient (Wildman–Crippen LogP) is 5.45. The van der Waals surface area contributed by atoms with Gasteiger partial charge in [0.2, 0.25) is 11.7 Å². The number of halogens is 3. The van der Waals surface area contributed by atoms with Crippen LogP contribution in [0.25, 0.3) is 16.9 Å². The van der Waals surface area contributed by atoms with Crippen molar-refractivity contribution in [2.75, 3.05) is 51.8 Å². The molecule has 56 heavy (non-hydrogen) atoms. The van der Waals surface area contributed by atoms with Crippen molar-refractivity contribution in [3.8, 4) is 23.1 Å². The molecule has 2 saturated heterocycles. The van der Waals surface area contributed by atoms with Gasteiger partial charge in [-0.15, -0.1) is 0 Å². The Morgan fingerprint density at radius 1 is 1.02 bits per heavy atom. The first-order valence-electron chi connectivity index (χ1n) is 17.7. The van der Waals surface area contributed by atoms with Gasteiger partial charge in [-0.1, -0.05) is 11.6 Å². The van der Waals surface area contributed by atoms with E-state index < -0.39 is 41.9 Å². The summed E-state index contributed by atoms with van der Waals surface area (Å²) in [6.07, 6.45) is 4.50. The van der Waals surface area contributed by atoms with Crippen LogP contribution in [-0.2, 0) is 19.1 Å². The summed E-state index contributed by atoms with van der Waals surface area (Å²) >= 11 is 6.62. The van der Waals surface area contributed by atoms with Crippen LogP contribution in [0.4, 0.5) is 25.1 Å². The molecule has 2 aromatic carbocycles. The molecular formula is C38H39ClF2N8O7.